The van der Waals surface area contributed by atoms with Crippen LogP contribution < -0.4 is 4.90 Å². The average molecular weight is 398 g/mol. The van der Waals surface area contributed by atoms with Crippen LogP contribution in [0.25, 0.3) is 11.4 Å². The standard InChI is InChI=1S/C21H27N3O3Si/c1-5-9-23-10-8-16-13-17(6-7-19(16)23)20-22-18(21(25)26)14-24(20)15-27-11-12-28(2,3)4/h6-7,13-14H,8,10-12,15H2,1-4H3,(H,25,26). The molecule has 3 rings (SSSR count). The number of ether oxygens (including phenoxy) is 1. The van der Waals surface area contributed by atoms with E-state index in [2.05, 4.69) is 42.7 Å². The molecule has 28 heavy (non-hydrogen) atoms. The number of aromatic carboxylic acids is 1. The summed E-state index contributed by atoms with van der Waals surface area (Å²) in [6, 6.07) is 10.3. The molecule has 148 valence electrons. The Morgan fingerprint density at radius 1 is 1.36 bits per heavy atom. The number of hydrogen-bond acceptors (Lipinski definition) is 4. The van der Waals surface area contributed by atoms with Crippen LogP contribution in [0.3, 0.4) is 0 Å². The molecule has 6 nitrogen and oxygen atoms in total. The van der Waals surface area contributed by atoms with E-state index in [-0.39, 0.29) is 5.69 Å². The van der Waals surface area contributed by atoms with E-state index in [4.69, 9.17) is 4.74 Å². The Bertz CT molecular complexity index is 935. The van der Waals surface area contributed by atoms with Crippen molar-refractivity contribution in [2.45, 2.75) is 45.8 Å². The molecular weight excluding hydrogens is 370 g/mol. The third kappa shape index (κ3) is 4.64. The first kappa shape index (κ1) is 20.2. The van der Waals surface area contributed by atoms with Crippen LogP contribution in [-0.2, 0) is 17.9 Å². The Morgan fingerprint density at radius 2 is 2.14 bits per heavy atom. The Kier molecular flexibility index (Phi) is 5.92. The number of aromatic nitrogens is 2. The third-order valence-electron chi connectivity index (χ3n) is 4.70. The largest absolute Gasteiger partial charge is 0.476 e. The quantitative estimate of drug-likeness (QED) is 0.436. The Labute approximate surface area is 167 Å². The Morgan fingerprint density at radius 3 is 2.82 bits per heavy atom. The van der Waals surface area contributed by atoms with Crippen LogP contribution in [0.15, 0.2) is 24.4 Å². The SMILES string of the molecule is CC#CN1CCc2cc(-c3nc(C(=O)O)cn3COCC[Si](C)(C)C)ccc21. The number of carboxylic acids is 1. The van der Waals surface area contributed by atoms with Crippen molar-refractivity contribution in [1.82, 2.24) is 9.55 Å². The molecule has 0 aliphatic carbocycles. The number of imidazole rings is 1. The maximum absolute atomic E-state index is 11.4. The highest BCUT2D eigenvalue weighted by Gasteiger charge is 2.21. The minimum Gasteiger partial charge on any atom is -0.476 e. The molecule has 0 amide bonds. The minimum absolute atomic E-state index is 0.0303. The lowest BCUT2D eigenvalue weighted by Crippen LogP contribution is -2.22. The van der Waals surface area contributed by atoms with Gasteiger partial charge in [0.15, 0.2) is 5.69 Å². The third-order valence-corrected chi connectivity index (χ3v) is 6.41. The van der Waals surface area contributed by atoms with Crippen LogP contribution in [0.2, 0.25) is 25.7 Å². The second-order valence-corrected chi connectivity index (χ2v) is 13.8. The van der Waals surface area contributed by atoms with Gasteiger partial charge in [-0.05, 0) is 43.2 Å². The smallest absolute Gasteiger partial charge is 0.356 e. The van der Waals surface area contributed by atoms with Crippen LogP contribution in [0, 0.1) is 12.0 Å². The van der Waals surface area contributed by atoms with E-state index < -0.39 is 14.0 Å². The highest BCUT2D eigenvalue weighted by molar-refractivity contribution is 6.76. The van der Waals surface area contributed by atoms with Crippen molar-refractivity contribution < 1.29 is 14.6 Å². The molecule has 1 aromatic heterocycles. The molecule has 2 aromatic rings. The van der Waals surface area contributed by atoms with Crippen LogP contribution in [-0.4, -0.2) is 41.9 Å². The second-order valence-electron chi connectivity index (χ2n) is 8.18. The number of fused-ring (bicyclic) bond motifs is 1. The van der Waals surface area contributed by atoms with Crippen molar-refractivity contribution >= 4 is 19.7 Å². The fraction of sp³-hybridized carbons (Fsp3) is 0.429. The number of rotatable bonds is 7. The van der Waals surface area contributed by atoms with Crippen molar-refractivity contribution in [1.29, 1.82) is 0 Å². The molecule has 0 saturated heterocycles. The first-order valence-electron chi connectivity index (χ1n) is 9.50. The van der Waals surface area contributed by atoms with Gasteiger partial charge < -0.3 is 19.3 Å². The normalized spacial score (nSPS) is 13.2. The van der Waals surface area contributed by atoms with Crippen molar-refractivity contribution in [2.24, 2.45) is 0 Å². The van der Waals surface area contributed by atoms with Crippen molar-refractivity contribution in [2.75, 3.05) is 18.1 Å². The molecule has 0 saturated carbocycles. The van der Waals surface area contributed by atoms with Gasteiger partial charge in [0, 0.05) is 39.0 Å². The van der Waals surface area contributed by atoms with E-state index in [1.165, 1.54) is 5.56 Å². The zero-order valence-electron chi connectivity index (χ0n) is 17.0. The van der Waals surface area contributed by atoms with Gasteiger partial charge in [0.1, 0.15) is 12.6 Å². The molecule has 1 aliphatic rings. The second kappa shape index (κ2) is 8.21. The van der Waals surface area contributed by atoms with Crippen LogP contribution in [0.5, 0.6) is 0 Å². The summed E-state index contributed by atoms with van der Waals surface area (Å²) in [4.78, 5) is 17.8. The molecule has 2 heterocycles. The fourth-order valence-electron chi connectivity index (χ4n) is 3.18. The maximum Gasteiger partial charge on any atom is 0.356 e. The van der Waals surface area contributed by atoms with Crippen molar-refractivity contribution in [3.8, 4) is 23.4 Å². The van der Waals surface area contributed by atoms with Gasteiger partial charge in [-0.2, -0.15) is 0 Å². The summed E-state index contributed by atoms with van der Waals surface area (Å²) in [5, 5.41) is 9.36. The zero-order chi connectivity index (χ0) is 20.3. The highest BCUT2D eigenvalue weighted by atomic mass is 28.3. The number of carboxylic acid groups (broad SMARTS) is 1. The summed E-state index contributed by atoms with van der Waals surface area (Å²) in [7, 11) is -1.17. The molecule has 1 N–H and O–H groups in total. The predicted octanol–water partition coefficient (Wildman–Crippen LogP) is 3.90. The van der Waals surface area contributed by atoms with E-state index in [1.54, 1.807) is 10.8 Å². The minimum atomic E-state index is -1.17. The van der Waals surface area contributed by atoms with E-state index >= 15 is 0 Å². The number of anilines is 1. The summed E-state index contributed by atoms with van der Waals surface area (Å²) >= 11 is 0. The molecule has 0 atom stereocenters. The van der Waals surface area contributed by atoms with Gasteiger partial charge >= 0.3 is 5.97 Å². The van der Waals surface area contributed by atoms with Gasteiger partial charge in [-0.1, -0.05) is 25.6 Å². The molecule has 1 aromatic carbocycles. The lowest BCUT2D eigenvalue weighted by atomic mass is 10.1. The molecule has 0 bridgehead atoms. The summed E-state index contributed by atoms with van der Waals surface area (Å²) in [6.07, 6.45) is 2.46. The number of nitrogens with zero attached hydrogens (tertiary/aromatic N) is 3. The van der Waals surface area contributed by atoms with Gasteiger partial charge in [0.2, 0.25) is 0 Å². The number of carbonyl (C=O) groups is 1. The van der Waals surface area contributed by atoms with Gasteiger partial charge in [0.05, 0.1) is 5.69 Å². The zero-order valence-corrected chi connectivity index (χ0v) is 18.0. The molecule has 1 aliphatic heterocycles. The van der Waals surface area contributed by atoms with Gasteiger partial charge in [-0.25, -0.2) is 9.78 Å². The lowest BCUT2D eigenvalue weighted by Gasteiger charge is -2.16. The van der Waals surface area contributed by atoms with E-state index in [0.29, 0.717) is 19.2 Å². The van der Waals surface area contributed by atoms with Gasteiger partial charge in [-0.15, -0.1) is 0 Å². The first-order chi connectivity index (χ1) is 13.3. The molecule has 7 heteroatoms. The van der Waals surface area contributed by atoms with E-state index in [9.17, 15) is 9.90 Å². The predicted molar refractivity (Wildman–Crippen MR) is 113 cm³/mol. The van der Waals surface area contributed by atoms with Crippen molar-refractivity contribution in [3.63, 3.8) is 0 Å². The first-order valence-corrected chi connectivity index (χ1v) is 13.2. The highest BCUT2D eigenvalue weighted by Crippen LogP contribution is 2.31. The topological polar surface area (TPSA) is 67.6 Å². The summed E-state index contributed by atoms with van der Waals surface area (Å²) < 4.78 is 7.62. The number of hydrogen-bond donors (Lipinski definition) is 1. The summed E-state index contributed by atoms with van der Waals surface area (Å²) in [6.45, 7) is 10.6. The summed E-state index contributed by atoms with van der Waals surface area (Å²) in [5.41, 5.74) is 3.24. The van der Waals surface area contributed by atoms with E-state index in [0.717, 1.165) is 30.3 Å². The van der Waals surface area contributed by atoms with Crippen LogP contribution in [0.1, 0.15) is 23.0 Å². The average Bonchev–Trinajstić information content (AvgIpc) is 3.22. The molecule has 0 unspecified atom stereocenters. The molecule has 0 spiro atoms. The fourth-order valence-corrected chi connectivity index (χ4v) is 3.94. The Hall–Kier alpha value is -2.56. The van der Waals surface area contributed by atoms with E-state index in [1.807, 2.05) is 24.0 Å². The monoisotopic (exact) mass is 397 g/mol. The maximum atomic E-state index is 11.4. The van der Waals surface area contributed by atoms with Gasteiger partial charge in [0.25, 0.3) is 0 Å². The van der Waals surface area contributed by atoms with Crippen molar-refractivity contribution in [3.05, 3.63) is 35.7 Å². The van der Waals surface area contributed by atoms with Crippen LogP contribution in [0.4, 0.5) is 5.69 Å². The molecule has 0 fully saturated rings. The lowest BCUT2D eigenvalue weighted by molar-refractivity contribution is 0.0689. The summed E-state index contributed by atoms with van der Waals surface area (Å²) in [5.74, 6) is 2.53. The van der Waals surface area contributed by atoms with Crippen LogP contribution >= 0.6 is 0 Å². The Balaban J connectivity index is 1.84. The van der Waals surface area contributed by atoms with Gasteiger partial charge in [-0.3, -0.25) is 0 Å². The molecular formula is C21H27N3O3Si. The molecule has 0 radical (unpaired) electrons. The number of benzene rings is 1.